The molecule has 4 heteroatoms. The number of aromatic nitrogens is 2. The fourth-order valence-electron chi connectivity index (χ4n) is 2.40. The summed E-state index contributed by atoms with van der Waals surface area (Å²) in [7, 11) is 1.86. The summed E-state index contributed by atoms with van der Waals surface area (Å²) in [5, 5.41) is 9.48. The van der Waals surface area contributed by atoms with Gasteiger partial charge >= 0.3 is 5.97 Å². The number of fused-ring (bicyclic) bond motifs is 1. The van der Waals surface area contributed by atoms with Gasteiger partial charge in [-0.15, -0.1) is 0 Å². The van der Waals surface area contributed by atoms with Crippen LogP contribution in [0.25, 0.3) is 22.3 Å². The minimum Gasteiger partial charge on any atom is -0.478 e. The second kappa shape index (κ2) is 4.24. The molecule has 0 saturated carbocycles. The molecular formula is C15H12N2O2. The first kappa shape index (κ1) is 11.5. The zero-order valence-electron chi connectivity index (χ0n) is 10.4. The summed E-state index contributed by atoms with van der Waals surface area (Å²) in [6.45, 7) is 0. The normalized spacial score (nSPS) is 10.8. The van der Waals surface area contributed by atoms with E-state index < -0.39 is 5.97 Å². The van der Waals surface area contributed by atoms with Crippen molar-refractivity contribution in [3.8, 4) is 11.3 Å². The average Bonchev–Trinajstić information content (AvgIpc) is 2.74. The number of benzene rings is 1. The quantitative estimate of drug-likeness (QED) is 0.763. The third-order valence-corrected chi connectivity index (χ3v) is 3.22. The first-order valence-electron chi connectivity index (χ1n) is 5.92. The summed E-state index contributed by atoms with van der Waals surface area (Å²) in [6, 6.07) is 13.2. The molecule has 0 aliphatic heterocycles. The number of aromatic carboxylic acids is 1. The van der Waals surface area contributed by atoms with E-state index in [1.165, 1.54) is 0 Å². The third kappa shape index (κ3) is 1.69. The van der Waals surface area contributed by atoms with E-state index in [1.807, 2.05) is 54.1 Å². The highest BCUT2D eigenvalue weighted by Crippen LogP contribution is 2.31. The van der Waals surface area contributed by atoms with Crippen molar-refractivity contribution in [3.05, 3.63) is 54.2 Å². The molecule has 0 amide bonds. The van der Waals surface area contributed by atoms with Crippen LogP contribution in [-0.4, -0.2) is 20.6 Å². The Kier molecular flexibility index (Phi) is 2.56. The second-order valence-corrected chi connectivity index (χ2v) is 4.32. The molecular weight excluding hydrogens is 240 g/mol. The smallest absolute Gasteiger partial charge is 0.340 e. The minimum absolute atomic E-state index is 0.254. The lowest BCUT2D eigenvalue weighted by molar-refractivity contribution is 0.0699. The van der Waals surface area contributed by atoms with Crippen molar-refractivity contribution in [1.82, 2.24) is 9.55 Å². The predicted octanol–water partition coefficient (Wildman–Crippen LogP) is 2.94. The fourth-order valence-corrected chi connectivity index (χ4v) is 2.40. The molecule has 0 bridgehead atoms. The highest BCUT2D eigenvalue weighted by atomic mass is 16.4. The van der Waals surface area contributed by atoms with E-state index in [4.69, 9.17) is 0 Å². The Morgan fingerprint density at radius 1 is 1.16 bits per heavy atom. The number of aryl methyl sites for hydroxylation is 1. The lowest BCUT2D eigenvalue weighted by atomic mass is 10.1. The molecule has 0 radical (unpaired) electrons. The van der Waals surface area contributed by atoms with Crippen LogP contribution >= 0.6 is 0 Å². The number of rotatable bonds is 2. The van der Waals surface area contributed by atoms with E-state index in [2.05, 4.69) is 4.98 Å². The Balaban J connectivity index is 2.44. The maximum Gasteiger partial charge on any atom is 0.340 e. The van der Waals surface area contributed by atoms with E-state index in [0.717, 1.165) is 11.1 Å². The van der Waals surface area contributed by atoms with Crippen LogP contribution in [-0.2, 0) is 7.05 Å². The Labute approximate surface area is 109 Å². The molecule has 0 saturated heterocycles. The summed E-state index contributed by atoms with van der Waals surface area (Å²) >= 11 is 0. The van der Waals surface area contributed by atoms with Crippen molar-refractivity contribution < 1.29 is 9.90 Å². The van der Waals surface area contributed by atoms with E-state index >= 15 is 0 Å². The van der Waals surface area contributed by atoms with E-state index in [9.17, 15) is 9.90 Å². The molecule has 0 unspecified atom stereocenters. The molecule has 1 aromatic carbocycles. The van der Waals surface area contributed by atoms with Gasteiger partial charge in [0.1, 0.15) is 11.1 Å². The number of hydrogen-bond donors (Lipinski definition) is 1. The van der Waals surface area contributed by atoms with Crippen LogP contribution < -0.4 is 0 Å². The van der Waals surface area contributed by atoms with E-state index in [-0.39, 0.29) is 5.56 Å². The molecule has 2 aromatic heterocycles. The van der Waals surface area contributed by atoms with Crippen molar-refractivity contribution in [2.24, 2.45) is 7.05 Å². The number of hydrogen-bond acceptors (Lipinski definition) is 2. The van der Waals surface area contributed by atoms with Crippen molar-refractivity contribution in [1.29, 1.82) is 0 Å². The maximum absolute atomic E-state index is 11.6. The fraction of sp³-hybridized carbons (Fsp3) is 0.0667. The van der Waals surface area contributed by atoms with E-state index in [1.54, 1.807) is 6.20 Å². The van der Waals surface area contributed by atoms with Crippen LogP contribution in [0.3, 0.4) is 0 Å². The SMILES string of the molecule is Cn1c(-c2ccccc2)c(C(=O)O)c2ncccc21. The Bertz CT molecular complexity index is 760. The van der Waals surface area contributed by atoms with E-state index in [0.29, 0.717) is 11.2 Å². The van der Waals surface area contributed by atoms with Crippen LogP contribution in [0, 0.1) is 0 Å². The largest absolute Gasteiger partial charge is 0.478 e. The van der Waals surface area contributed by atoms with Crippen LogP contribution in [0.4, 0.5) is 0 Å². The van der Waals surface area contributed by atoms with Gasteiger partial charge in [-0.05, 0) is 17.7 Å². The zero-order chi connectivity index (χ0) is 13.4. The van der Waals surface area contributed by atoms with Crippen LogP contribution in [0.1, 0.15) is 10.4 Å². The highest BCUT2D eigenvalue weighted by Gasteiger charge is 2.22. The second-order valence-electron chi connectivity index (χ2n) is 4.32. The molecule has 1 N–H and O–H groups in total. The van der Waals surface area contributed by atoms with Crippen molar-refractivity contribution >= 4 is 17.0 Å². The summed E-state index contributed by atoms with van der Waals surface area (Å²) in [6.07, 6.45) is 1.61. The molecule has 0 atom stereocenters. The molecule has 3 rings (SSSR count). The molecule has 3 aromatic rings. The first-order chi connectivity index (χ1) is 9.20. The molecule has 0 aliphatic carbocycles. The predicted molar refractivity (Wildman–Crippen MR) is 73.1 cm³/mol. The Morgan fingerprint density at radius 2 is 1.89 bits per heavy atom. The number of carbonyl (C=O) groups is 1. The van der Waals surface area contributed by atoms with Crippen LogP contribution in [0.2, 0.25) is 0 Å². The van der Waals surface area contributed by atoms with Gasteiger partial charge in [0.15, 0.2) is 0 Å². The lowest BCUT2D eigenvalue weighted by Crippen LogP contribution is -2.00. The van der Waals surface area contributed by atoms with Gasteiger partial charge in [0.25, 0.3) is 0 Å². The standard InChI is InChI=1S/C15H12N2O2/c1-17-11-8-5-9-16-13(11)12(15(18)19)14(17)10-6-3-2-4-7-10/h2-9H,1H3,(H,18,19). The number of pyridine rings is 1. The van der Waals surface area contributed by atoms with Gasteiger partial charge in [0.05, 0.1) is 11.2 Å². The summed E-state index contributed by atoms with van der Waals surface area (Å²) in [5.41, 5.74) is 3.15. The summed E-state index contributed by atoms with van der Waals surface area (Å²) in [4.78, 5) is 15.8. The molecule has 19 heavy (non-hydrogen) atoms. The first-order valence-corrected chi connectivity index (χ1v) is 5.92. The number of carboxylic acid groups (broad SMARTS) is 1. The average molecular weight is 252 g/mol. The Hall–Kier alpha value is -2.62. The molecule has 4 nitrogen and oxygen atoms in total. The molecule has 0 spiro atoms. The van der Waals surface area contributed by atoms with Crippen molar-refractivity contribution in [2.75, 3.05) is 0 Å². The Morgan fingerprint density at radius 3 is 2.58 bits per heavy atom. The van der Waals surface area contributed by atoms with Crippen LogP contribution in [0.5, 0.6) is 0 Å². The van der Waals surface area contributed by atoms with Gasteiger partial charge in [0.2, 0.25) is 0 Å². The molecule has 0 aliphatic rings. The van der Waals surface area contributed by atoms with Crippen LogP contribution in [0.15, 0.2) is 48.7 Å². The topological polar surface area (TPSA) is 55.1 Å². The van der Waals surface area contributed by atoms with Crippen molar-refractivity contribution in [3.63, 3.8) is 0 Å². The van der Waals surface area contributed by atoms with Gasteiger partial charge in [-0.25, -0.2) is 4.79 Å². The monoisotopic (exact) mass is 252 g/mol. The maximum atomic E-state index is 11.6. The molecule has 2 heterocycles. The van der Waals surface area contributed by atoms with Crippen molar-refractivity contribution in [2.45, 2.75) is 0 Å². The minimum atomic E-state index is -0.955. The molecule has 0 fully saturated rings. The van der Waals surface area contributed by atoms with Gasteiger partial charge in [-0.1, -0.05) is 30.3 Å². The van der Waals surface area contributed by atoms with Gasteiger partial charge < -0.3 is 9.67 Å². The van der Waals surface area contributed by atoms with Gasteiger partial charge in [0, 0.05) is 13.2 Å². The zero-order valence-corrected chi connectivity index (χ0v) is 10.4. The number of carboxylic acids is 1. The number of nitrogens with zero attached hydrogens (tertiary/aromatic N) is 2. The summed E-state index contributed by atoms with van der Waals surface area (Å²) < 4.78 is 1.88. The molecule has 94 valence electrons. The van der Waals surface area contributed by atoms with Gasteiger partial charge in [-0.3, -0.25) is 4.98 Å². The third-order valence-electron chi connectivity index (χ3n) is 3.22. The lowest BCUT2D eigenvalue weighted by Gasteiger charge is -2.05. The van der Waals surface area contributed by atoms with Gasteiger partial charge in [-0.2, -0.15) is 0 Å². The summed E-state index contributed by atoms with van der Waals surface area (Å²) in [5.74, 6) is -0.955. The highest BCUT2D eigenvalue weighted by molar-refractivity contribution is 6.08.